The molecule has 2 aliphatic rings. The predicted molar refractivity (Wildman–Crippen MR) is 115 cm³/mol. The molecule has 3 rings (SSSR count). The second-order valence-corrected chi connectivity index (χ2v) is 8.02. The molecule has 174 valence electrons. The van der Waals surface area contributed by atoms with Crippen LogP contribution in [0.25, 0.3) is 0 Å². The summed E-state index contributed by atoms with van der Waals surface area (Å²) in [4.78, 5) is 51.0. The molecular formula is C22H29N3O7. The zero-order chi connectivity index (χ0) is 23.1. The lowest BCUT2D eigenvalue weighted by Crippen LogP contribution is -2.43. The van der Waals surface area contributed by atoms with E-state index in [1.165, 1.54) is 6.07 Å². The van der Waals surface area contributed by atoms with Crippen molar-refractivity contribution in [1.82, 2.24) is 4.90 Å². The summed E-state index contributed by atoms with van der Waals surface area (Å²) in [6.07, 6.45) is 2.10. The number of nitrogens with zero attached hydrogens (tertiary/aromatic N) is 3. The van der Waals surface area contributed by atoms with Gasteiger partial charge >= 0.3 is 11.9 Å². The molecule has 0 unspecified atom stereocenters. The van der Waals surface area contributed by atoms with E-state index < -0.39 is 10.9 Å². The van der Waals surface area contributed by atoms with Gasteiger partial charge in [0.1, 0.15) is 5.69 Å². The van der Waals surface area contributed by atoms with E-state index in [-0.39, 0.29) is 36.0 Å². The second-order valence-electron chi connectivity index (χ2n) is 8.02. The zero-order valence-electron chi connectivity index (χ0n) is 18.2. The number of nitro groups is 1. The summed E-state index contributed by atoms with van der Waals surface area (Å²) in [5.74, 6) is -1.43. The maximum atomic E-state index is 12.4. The van der Waals surface area contributed by atoms with E-state index in [9.17, 15) is 24.5 Å². The molecule has 0 N–H and O–H groups in total. The van der Waals surface area contributed by atoms with E-state index in [1.807, 2.05) is 4.90 Å². The van der Waals surface area contributed by atoms with E-state index >= 15 is 0 Å². The summed E-state index contributed by atoms with van der Waals surface area (Å²) in [7, 11) is 0. The molecule has 2 heterocycles. The van der Waals surface area contributed by atoms with Crippen molar-refractivity contribution in [2.24, 2.45) is 11.8 Å². The highest BCUT2D eigenvalue weighted by Gasteiger charge is 2.31. The molecule has 1 amide bonds. The lowest BCUT2D eigenvalue weighted by molar-refractivity contribution is -0.384. The topological polar surface area (TPSA) is 119 Å². The smallest absolute Gasteiger partial charge is 0.309 e. The summed E-state index contributed by atoms with van der Waals surface area (Å²) < 4.78 is 10.3. The first-order valence-corrected chi connectivity index (χ1v) is 11.0. The fourth-order valence-corrected chi connectivity index (χ4v) is 4.21. The zero-order valence-corrected chi connectivity index (χ0v) is 18.2. The van der Waals surface area contributed by atoms with Crippen molar-refractivity contribution >= 4 is 29.2 Å². The summed E-state index contributed by atoms with van der Waals surface area (Å²) >= 11 is 0. The minimum absolute atomic E-state index is 0.0471. The Balaban J connectivity index is 1.42. The number of anilines is 1. The van der Waals surface area contributed by atoms with Gasteiger partial charge in [-0.3, -0.25) is 24.5 Å². The maximum absolute atomic E-state index is 12.4. The SMILES string of the molecule is CCOC(=O)C1CCN(C(=O)COC(=O)C2CCN(c3ccccc3[N+](=O)[O-])CC2)CC1. The van der Waals surface area contributed by atoms with Gasteiger partial charge in [0.2, 0.25) is 0 Å². The standard InChI is InChI=1S/C22H29N3O7/c1-2-31-21(27)16-9-13-24(14-10-16)20(26)15-32-22(28)17-7-11-23(12-8-17)18-5-3-4-6-19(18)25(29)30/h3-6,16-17H,2,7-15H2,1H3. The Labute approximate surface area is 186 Å². The first-order chi connectivity index (χ1) is 15.4. The molecule has 2 fully saturated rings. The third-order valence-electron chi connectivity index (χ3n) is 6.05. The molecule has 10 nitrogen and oxygen atoms in total. The first kappa shape index (κ1) is 23.5. The Morgan fingerprint density at radius 2 is 1.53 bits per heavy atom. The predicted octanol–water partition coefficient (Wildman–Crippen LogP) is 2.16. The van der Waals surface area contributed by atoms with E-state index in [0.717, 1.165) is 0 Å². The summed E-state index contributed by atoms with van der Waals surface area (Å²) in [6, 6.07) is 6.56. The van der Waals surface area contributed by atoms with Crippen LogP contribution in [0.4, 0.5) is 11.4 Å². The second kappa shape index (κ2) is 10.9. The van der Waals surface area contributed by atoms with Crippen molar-refractivity contribution in [2.45, 2.75) is 32.6 Å². The molecule has 0 atom stereocenters. The molecule has 0 saturated carbocycles. The number of esters is 2. The number of para-hydroxylation sites is 2. The number of hydrogen-bond donors (Lipinski definition) is 0. The Hall–Kier alpha value is -3.17. The third-order valence-corrected chi connectivity index (χ3v) is 6.05. The molecular weight excluding hydrogens is 418 g/mol. The monoisotopic (exact) mass is 447 g/mol. The van der Waals surface area contributed by atoms with Crippen LogP contribution in [-0.2, 0) is 23.9 Å². The number of amides is 1. The van der Waals surface area contributed by atoms with Crippen molar-refractivity contribution in [3.05, 3.63) is 34.4 Å². The van der Waals surface area contributed by atoms with Crippen LogP contribution < -0.4 is 4.90 Å². The number of rotatable bonds is 7. The maximum Gasteiger partial charge on any atom is 0.309 e. The minimum Gasteiger partial charge on any atom is -0.466 e. The average Bonchev–Trinajstić information content (AvgIpc) is 2.82. The molecule has 0 radical (unpaired) electrons. The van der Waals surface area contributed by atoms with Crippen LogP contribution in [0.2, 0.25) is 0 Å². The highest BCUT2D eigenvalue weighted by Crippen LogP contribution is 2.31. The van der Waals surface area contributed by atoms with Gasteiger partial charge in [-0.2, -0.15) is 0 Å². The molecule has 10 heteroatoms. The van der Waals surface area contributed by atoms with Crippen molar-refractivity contribution < 1.29 is 28.8 Å². The minimum atomic E-state index is -0.415. The van der Waals surface area contributed by atoms with Crippen LogP contribution in [0.15, 0.2) is 24.3 Å². The lowest BCUT2D eigenvalue weighted by atomic mass is 9.96. The Morgan fingerprint density at radius 1 is 0.969 bits per heavy atom. The number of ether oxygens (including phenoxy) is 2. The molecule has 0 aliphatic carbocycles. The van der Waals surface area contributed by atoms with Gasteiger partial charge in [-0.25, -0.2) is 0 Å². The number of nitro benzene ring substituents is 1. The third kappa shape index (κ3) is 5.74. The van der Waals surface area contributed by atoms with Crippen LogP contribution in [0.5, 0.6) is 0 Å². The number of benzene rings is 1. The van der Waals surface area contributed by atoms with Crippen molar-refractivity contribution in [1.29, 1.82) is 0 Å². The van der Waals surface area contributed by atoms with Crippen molar-refractivity contribution in [3.63, 3.8) is 0 Å². The van der Waals surface area contributed by atoms with Gasteiger partial charge < -0.3 is 19.3 Å². The van der Waals surface area contributed by atoms with Crippen molar-refractivity contribution in [3.8, 4) is 0 Å². The summed E-state index contributed by atoms with van der Waals surface area (Å²) in [5, 5.41) is 11.2. The number of likely N-dealkylation sites (tertiary alicyclic amines) is 1. The van der Waals surface area contributed by atoms with Gasteiger partial charge in [0.05, 0.1) is 23.4 Å². The number of hydrogen-bond acceptors (Lipinski definition) is 8. The van der Waals surface area contributed by atoms with Gasteiger partial charge in [-0.05, 0) is 38.7 Å². The number of carbonyl (C=O) groups excluding carboxylic acids is 3. The Kier molecular flexibility index (Phi) is 8.02. The van der Waals surface area contributed by atoms with Gasteiger partial charge in [0, 0.05) is 32.2 Å². The molecule has 2 saturated heterocycles. The first-order valence-electron chi connectivity index (χ1n) is 11.0. The normalized spacial score (nSPS) is 17.7. The molecule has 0 bridgehead atoms. The highest BCUT2D eigenvalue weighted by atomic mass is 16.6. The van der Waals surface area contributed by atoms with Crippen molar-refractivity contribution in [2.75, 3.05) is 44.3 Å². The largest absolute Gasteiger partial charge is 0.466 e. The van der Waals surface area contributed by atoms with Crippen LogP contribution >= 0.6 is 0 Å². The highest BCUT2D eigenvalue weighted by molar-refractivity contribution is 5.82. The van der Waals surface area contributed by atoms with Gasteiger partial charge in [0.25, 0.3) is 11.6 Å². The van der Waals surface area contributed by atoms with E-state index in [4.69, 9.17) is 9.47 Å². The van der Waals surface area contributed by atoms with Gasteiger partial charge in [-0.15, -0.1) is 0 Å². The molecule has 2 aliphatic heterocycles. The Morgan fingerprint density at radius 3 is 2.12 bits per heavy atom. The van der Waals surface area contributed by atoms with Crippen LogP contribution in [-0.4, -0.2) is 67.1 Å². The molecule has 1 aromatic rings. The number of carbonyl (C=O) groups is 3. The summed E-state index contributed by atoms with van der Waals surface area (Å²) in [6.45, 7) is 3.67. The fourth-order valence-electron chi connectivity index (χ4n) is 4.21. The molecule has 1 aromatic carbocycles. The quantitative estimate of drug-likeness (QED) is 0.354. The van der Waals surface area contributed by atoms with Crippen LogP contribution in [0, 0.1) is 22.0 Å². The fraction of sp³-hybridized carbons (Fsp3) is 0.591. The lowest BCUT2D eigenvalue weighted by Gasteiger charge is -2.33. The number of piperidine rings is 2. The van der Waals surface area contributed by atoms with Crippen LogP contribution in [0.1, 0.15) is 32.6 Å². The van der Waals surface area contributed by atoms with Gasteiger partial charge in [-0.1, -0.05) is 12.1 Å². The van der Waals surface area contributed by atoms with E-state index in [1.54, 1.807) is 30.0 Å². The molecule has 0 spiro atoms. The Bertz CT molecular complexity index is 844. The van der Waals surface area contributed by atoms with E-state index in [2.05, 4.69) is 0 Å². The summed E-state index contributed by atoms with van der Waals surface area (Å²) in [5.41, 5.74) is 0.594. The molecule has 32 heavy (non-hydrogen) atoms. The van der Waals surface area contributed by atoms with Crippen LogP contribution in [0.3, 0.4) is 0 Å². The average molecular weight is 447 g/mol. The molecule has 0 aromatic heterocycles. The van der Waals surface area contributed by atoms with Gasteiger partial charge in [0.15, 0.2) is 6.61 Å². The van der Waals surface area contributed by atoms with E-state index in [0.29, 0.717) is 64.2 Å².